The van der Waals surface area contributed by atoms with E-state index >= 15 is 0 Å². The summed E-state index contributed by atoms with van der Waals surface area (Å²) in [5.41, 5.74) is 3.78. The zero-order valence-corrected chi connectivity index (χ0v) is 15.6. The van der Waals surface area contributed by atoms with Gasteiger partial charge in [-0.3, -0.25) is 4.79 Å². The summed E-state index contributed by atoms with van der Waals surface area (Å²) >= 11 is 6.42. The van der Waals surface area contributed by atoms with Gasteiger partial charge in [-0.1, -0.05) is 11.6 Å². The summed E-state index contributed by atoms with van der Waals surface area (Å²) in [7, 11) is 0. The van der Waals surface area contributed by atoms with E-state index in [9.17, 15) is 10.1 Å². The third-order valence-electron chi connectivity index (χ3n) is 6.17. The molecule has 2 saturated heterocycles. The van der Waals surface area contributed by atoms with Crippen molar-refractivity contribution in [2.45, 2.75) is 56.7 Å². The average molecular weight is 382 g/mol. The molecule has 1 unspecified atom stereocenters. The molecule has 1 aromatic heterocycles. The summed E-state index contributed by atoms with van der Waals surface area (Å²) in [6.07, 6.45) is 10.4. The van der Waals surface area contributed by atoms with Gasteiger partial charge in [-0.25, -0.2) is 4.68 Å². The second kappa shape index (κ2) is 6.28. The number of aryl methyl sites for hydroxylation is 2. The SMILES string of the molecule is N#CN1[C@H]2CC[C@@H]1C(NC(=O)c1ccc(-n3cc4c(n3)CCC4)cc1Cl)C2. The Morgan fingerprint density at radius 3 is 2.96 bits per heavy atom. The Bertz CT molecular complexity index is 940. The number of amides is 1. The van der Waals surface area contributed by atoms with Gasteiger partial charge in [0.05, 0.1) is 34.1 Å². The quantitative estimate of drug-likeness (QED) is 0.829. The number of aromatic nitrogens is 2. The van der Waals surface area contributed by atoms with E-state index in [1.165, 1.54) is 12.0 Å². The number of nitrogens with one attached hydrogen (secondary N) is 1. The fourth-order valence-corrected chi connectivity index (χ4v) is 5.08. The summed E-state index contributed by atoms with van der Waals surface area (Å²) in [6, 6.07) is 5.83. The maximum atomic E-state index is 12.7. The van der Waals surface area contributed by atoms with Gasteiger partial charge >= 0.3 is 0 Å². The molecule has 0 spiro atoms. The van der Waals surface area contributed by atoms with Crippen molar-refractivity contribution >= 4 is 17.5 Å². The highest BCUT2D eigenvalue weighted by atomic mass is 35.5. The molecule has 7 heteroatoms. The largest absolute Gasteiger partial charge is 0.347 e. The van der Waals surface area contributed by atoms with E-state index in [4.69, 9.17) is 11.6 Å². The van der Waals surface area contributed by atoms with Gasteiger partial charge in [-0.05, 0) is 62.3 Å². The molecule has 3 heterocycles. The molecule has 2 bridgehead atoms. The van der Waals surface area contributed by atoms with Gasteiger partial charge in [0.15, 0.2) is 6.19 Å². The molecule has 3 aliphatic rings. The number of carbonyl (C=O) groups is 1. The van der Waals surface area contributed by atoms with Crippen molar-refractivity contribution in [3.8, 4) is 11.9 Å². The average Bonchev–Trinajstić information content (AvgIpc) is 3.40. The summed E-state index contributed by atoms with van der Waals surface area (Å²) in [5.74, 6) is -0.176. The van der Waals surface area contributed by atoms with E-state index in [0.717, 1.165) is 43.5 Å². The highest BCUT2D eigenvalue weighted by Gasteiger charge is 2.46. The molecule has 1 aromatic carbocycles. The minimum atomic E-state index is -0.176. The molecule has 3 atom stereocenters. The van der Waals surface area contributed by atoms with Crippen LogP contribution in [-0.2, 0) is 12.8 Å². The Morgan fingerprint density at radius 1 is 1.33 bits per heavy atom. The van der Waals surface area contributed by atoms with Gasteiger partial charge in [0.1, 0.15) is 0 Å². The van der Waals surface area contributed by atoms with Gasteiger partial charge in [-0.2, -0.15) is 10.4 Å². The fourth-order valence-electron chi connectivity index (χ4n) is 4.82. The fraction of sp³-hybridized carbons (Fsp3) is 0.450. The Kier molecular flexibility index (Phi) is 3.87. The van der Waals surface area contributed by atoms with Crippen LogP contribution in [-0.4, -0.2) is 38.7 Å². The maximum absolute atomic E-state index is 12.7. The summed E-state index contributed by atoms with van der Waals surface area (Å²) in [5, 5.41) is 17.4. The molecule has 2 aliphatic heterocycles. The van der Waals surface area contributed by atoms with Crippen molar-refractivity contribution in [3.05, 3.63) is 46.2 Å². The molecule has 0 radical (unpaired) electrons. The summed E-state index contributed by atoms with van der Waals surface area (Å²) in [6.45, 7) is 0. The lowest BCUT2D eigenvalue weighted by Gasteiger charge is -2.22. The molecule has 5 rings (SSSR count). The third kappa shape index (κ3) is 2.69. The van der Waals surface area contributed by atoms with Gasteiger partial charge in [0.2, 0.25) is 0 Å². The number of benzene rings is 1. The van der Waals surface area contributed by atoms with E-state index < -0.39 is 0 Å². The van der Waals surface area contributed by atoms with Crippen LogP contribution in [0.2, 0.25) is 5.02 Å². The van der Waals surface area contributed by atoms with Gasteiger partial charge in [-0.15, -0.1) is 0 Å². The summed E-state index contributed by atoms with van der Waals surface area (Å²) in [4.78, 5) is 14.6. The molecule has 1 amide bonds. The monoisotopic (exact) mass is 381 g/mol. The topological polar surface area (TPSA) is 74.0 Å². The lowest BCUT2D eigenvalue weighted by molar-refractivity contribution is 0.0928. The van der Waals surface area contributed by atoms with Crippen LogP contribution in [0.5, 0.6) is 0 Å². The molecule has 27 heavy (non-hydrogen) atoms. The smallest absolute Gasteiger partial charge is 0.253 e. The second-order valence-corrected chi connectivity index (χ2v) is 8.09. The first-order valence-electron chi connectivity index (χ1n) is 9.50. The van der Waals surface area contributed by atoms with Crippen LogP contribution in [0.4, 0.5) is 0 Å². The van der Waals surface area contributed by atoms with Crippen LogP contribution in [0.3, 0.4) is 0 Å². The molecule has 2 fully saturated rings. The van der Waals surface area contributed by atoms with Crippen LogP contribution in [0, 0.1) is 11.5 Å². The maximum Gasteiger partial charge on any atom is 0.253 e. The zero-order chi connectivity index (χ0) is 18.5. The van der Waals surface area contributed by atoms with Crippen molar-refractivity contribution in [2.75, 3.05) is 0 Å². The predicted octanol–water partition coefficient (Wildman–Crippen LogP) is 2.83. The second-order valence-electron chi connectivity index (χ2n) is 7.68. The molecular weight excluding hydrogens is 362 g/mol. The van der Waals surface area contributed by atoms with Gasteiger partial charge in [0, 0.05) is 12.2 Å². The number of rotatable bonds is 3. The van der Waals surface area contributed by atoms with Crippen molar-refractivity contribution in [3.63, 3.8) is 0 Å². The van der Waals surface area contributed by atoms with Crippen molar-refractivity contribution in [1.29, 1.82) is 5.26 Å². The Hall–Kier alpha value is -2.52. The highest BCUT2D eigenvalue weighted by Crippen LogP contribution is 2.37. The number of nitriles is 1. The minimum absolute atomic E-state index is 0.0146. The lowest BCUT2D eigenvalue weighted by Crippen LogP contribution is -2.43. The first-order valence-corrected chi connectivity index (χ1v) is 9.88. The van der Waals surface area contributed by atoms with Crippen LogP contribution < -0.4 is 5.32 Å². The van der Waals surface area contributed by atoms with E-state index in [2.05, 4.69) is 22.8 Å². The standard InChI is InChI=1S/C20H20ClN5O/c21-16-8-14(26-10-12-2-1-3-17(12)24-26)4-6-15(16)20(27)23-18-9-13-5-7-19(18)25(13)11-22/h4,6,8,10,13,18-19H,1-3,5,7,9H2,(H,23,27)/t13-,18?,19+/m0/s1. The lowest BCUT2D eigenvalue weighted by atomic mass is 9.95. The number of fused-ring (bicyclic) bond motifs is 3. The van der Waals surface area contributed by atoms with Crippen molar-refractivity contribution in [2.24, 2.45) is 0 Å². The first-order chi connectivity index (χ1) is 13.1. The molecule has 1 N–H and O–H groups in total. The van der Waals surface area contributed by atoms with E-state index in [0.29, 0.717) is 10.6 Å². The number of carbonyl (C=O) groups excluding carboxylic acids is 1. The molecule has 138 valence electrons. The number of halogens is 1. The van der Waals surface area contributed by atoms with E-state index in [-0.39, 0.29) is 24.0 Å². The molecule has 2 aromatic rings. The van der Waals surface area contributed by atoms with E-state index in [1.807, 2.05) is 15.6 Å². The zero-order valence-electron chi connectivity index (χ0n) is 14.9. The number of nitrogens with zero attached hydrogens (tertiary/aromatic N) is 4. The van der Waals surface area contributed by atoms with Gasteiger partial charge < -0.3 is 10.2 Å². The van der Waals surface area contributed by atoms with Crippen molar-refractivity contribution in [1.82, 2.24) is 20.0 Å². The van der Waals surface area contributed by atoms with Crippen LogP contribution in [0.25, 0.3) is 5.69 Å². The molecular formula is C20H20ClN5O. The predicted molar refractivity (Wildman–Crippen MR) is 101 cm³/mol. The Balaban J connectivity index is 1.33. The minimum Gasteiger partial charge on any atom is -0.347 e. The number of hydrogen-bond acceptors (Lipinski definition) is 4. The van der Waals surface area contributed by atoms with Crippen LogP contribution >= 0.6 is 11.6 Å². The van der Waals surface area contributed by atoms with Crippen LogP contribution in [0.1, 0.15) is 47.3 Å². The highest BCUT2D eigenvalue weighted by molar-refractivity contribution is 6.34. The first kappa shape index (κ1) is 16.6. The normalized spacial score (nSPS) is 25.5. The van der Waals surface area contributed by atoms with Gasteiger partial charge in [0.25, 0.3) is 5.91 Å². The van der Waals surface area contributed by atoms with E-state index in [1.54, 1.807) is 12.1 Å². The Labute approximate surface area is 162 Å². The van der Waals surface area contributed by atoms with Crippen LogP contribution in [0.15, 0.2) is 24.4 Å². The third-order valence-corrected chi connectivity index (χ3v) is 6.48. The molecule has 6 nitrogen and oxygen atoms in total. The molecule has 1 aliphatic carbocycles. The van der Waals surface area contributed by atoms with Crippen molar-refractivity contribution < 1.29 is 4.79 Å². The summed E-state index contributed by atoms with van der Waals surface area (Å²) < 4.78 is 1.85. The number of hydrogen-bond donors (Lipinski definition) is 1. The molecule has 0 saturated carbocycles. The Morgan fingerprint density at radius 2 is 2.22 bits per heavy atom.